The first-order valence-electron chi connectivity index (χ1n) is 7.78. The molecular formula is C18H20N2O2S. The molecule has 0 bridgehead atoms. The van der Waals surface area contributed by atoms with Gasteiger partial charge in [-0.3, -0.25) is 4.79 Å². The van der Waals surface area contributed by atoms with Gasteiger partial charge in [-0.15, -0.1) is 11.3 Å². The van der Waals surface area contributed by atoms with E-state index in [1.165, 1.54) is 16.9 Å². The summed E-state index contributed by atoms with van der Waals surface area (Å²) in [6, 6.07) is 8.75. The highest BCUT2D eigenvalue weighted by Gasteiger charge is 2.20. The van der Waals surface area contributed by atoms with Crippen molar-refractivity contribution in [3.05, 3.63) is 51.2 Å². The van der Waals surface area contributed by atoms with E-state index in [1.807, 2.05) is 13.0 Å². The maximum absolute atomic E-state index is 12.3. The Bertz CT molecular complexity index is 747. The van der Waals surface area contributed by atoms with Gasteiger partial charge in [0.05, 0.1) is 10.6 Å². The van der Waals surface area contributed by atoms with Crippen LogP contribution in [0.2, 0.25) is 0 Å². The van der Waals surface area contributed by atoms with Crippen LogP contribution in [0.25, 0.3) is 0 Å². The quantitative estimate of drug-likeness (QED) is 0.666. The maximum atomic E-state index is 12.3. The van der Waals surface area contributed by atoms with E-state index in [1.54, 1.807) is 35.6 Å². The second kappa shape index (κ2) is 6.54. The number of aryl methyl sites for hydroxylation is 1. The van der Waals surface area contributed by atoms with Crippen LogP contribution in [0.4, 0.5) is 0 Å². The van der Waals surface area contributed by atoms with Gasteiger partial charge in [0.15, 0.2) is 0 Å². The van der Waals surface area contributed by atoms with Gasteiger partial charge in [-0.1, -0.05) is 6.92 Å². The summed E-state index contributed by atoms with van der Waals surface area (Å²) in [6.45, 7) is 4.08. The summed E-state index contributed by atoms with van der Waals surface area (Å²) >= 11 is 1.58. The largest absolute Gasteiger partial charge is 0.508 e. The first-order valence-corrected chi connectivity index (χ1v) is 8.60. The maximum Gasteiger partial charge on any atom is 0.281 e. The smallest absolute Gasteiger partial charge is 0.281 e. The first-order chi connectivity index (χ1) is 11.0. The van der Waals surface area contributed by atoms with E-state index in [0.717, 1.165) is 23.3 Å². The molecule has 1 amide bonds. The number of phenolic OH excluding ortho intramolecular Hbond substituents is 1. The molecule has 1 heterocycles. The van der Waals surface area contributed by atoms with E-state index in [2.05, 4.69) is 17.5 Å². The average Bonchev–Trinajstić information content (AvgIpc) is 2.96. The van der Waals surface area contributed by atoms with E-state index >= 15 is 0 Å². The SMILES string of the molecule is C/C(=N/NC(=O)c1cc2c(s1)CC[C@H](C)C2)c1ccc(O)cc1. The number of aromatic hydroxyl groups is 1. The summed E-state index contributed by atoms with van der Waals surface area (Å²) in [4.78, 5) is 14.4. The van der Waals surface area contributed by atoms with Crippen LogP contribution in [-0.4, -0.2) is 16.7 Å². The van der Waals surface area contributed by atoms with Gasteiger partial charge < -0.3 is 5.11 Å². The Morgan fingerprint density at radius 2 is 2.09 bits per heavy atom. The Morgan fingerprint density at radius 3 is 2.83 bits per heavy atom. The third kappa shape index (κ3) is 3.62. The summed E-state index contributed by atoms with van der Waals surface area (Å²) in [5.41, 5.74) is 5.51. The van der Waals surface area contributed by atoms with Crippen molar-refractivity contribution in [3.8, 4) is 5.75 Å². The number of phenols is 1. The zero-order valence-corrected chi connectivity index (χ0v) is 14.1. The zero-order chi connectivity index (χ0) is 16.4. The number of nitrogens with one attached hydrogen (secondary N) is 1. The monoisotopic (exact) mass is 328 g/mol. The fraction of sp³-hybridized carbons (Fsp3) is 0.333. The minimum absolute atomic E-state index is 0.157. The van der Waals surface area contributed by atoms with Crippen molar-refractivity contribution in [2.24, 2.45) is 11.0 Å². The zero-order valence-electron chi connectivity index (χ0n) is 13.3. The minimum atomic E-state index is -0.157. The van der Waals surface area contributed by atoms with Gasteiger partial charge in [0.25, 0.3) is 5.91 Å². The summed E-state index contributed by atoms with van der Waals surface area (Å²) in [5, 5.41) is 13.5. The molecule has 0 fully saturated rings. The van der Waals surface area contributed by atoms with E-state index in [-0.39, 0.29) is 11.7 Å². The Labute approximate surface area is 139 Å². The normalized spacial score (nSPS) is 17.7. The summed E-state index contributed by atoms with van der Waals surface area (Å²) in [5.74, 6) is 0.752. The molecule has 0 aliphatic heterocycles. The number of thiophene rings is 1. The third-order valence-corrected chi connectivity index (χ3v) is 5.40. The molecular weight excluding hydrogens is 308 g/mol. The molecule has 1 atom stereocenters. The van der Waals surface area contributed by atoms with Crippen LogP contribution in [0, 0.1) is 5.92 Å². The molecule has 1 aromatic carbocycles. The van der Waals surface area contributed by atoms with Crippen molar-refractivity contribution < 1.29 is 9.90 Å². The molecule has 2 aromatic rings. The van der Waals surface area contributed by atoms with Gasteiger partial charge in [0.1, 0.15) is 5.75 Å². The van der Waals surface area contributed by atoms with Crippen LogP contribution < -0.4 is 5.43 Å². The Morgan fingerprint density at radius 1 is 1.35 bits per heavy atom. The van der Waals surface area contributed by atoms with E-state index in [9.17, 15) is 9.90 Å². The van der Waals surface area contributed by atoms with Crippen LogP contribution in [0.1, 0.15) is 45.9 Å². The third-order valence-electron chi connectivity index (χ3n) is 4.16. The van der Waals surface area contributed by atoms with Gasteiger partial charge in [-0.25, -0.2) is 5.43 Å². The van der Waals surface area contributed by atoms with E-state index < -0.39 is 0 Å². The molecule has 5 heteroatoms. The van der Waals surface area contributed by atoms with E-state index in [0.29, 0.717) is 11.6 Å². The number of hydrogen-bond acceptors (Lipinski definition) is 4. The second-order valence-corrected chi connectivity index (χ2v) is 7.23. The molecule has 1 aromatic heterocycles. The van der Waals surface area contributed by atoms with Crippen LogP contribution >= 0.6 is 11.3 Å². The molecule has 3 rings (SSSR count). The van der Waals surface area contributed by atoms with E-state index in [4.69, 9.17) is 0 Å². The molecule has 0 saturated heterocycles. The predicted molar refractivity (Wildman–Crippen MR) is 93.3 cm³/mol. The van der Waals surface area contributed by atoms with Crippen molar-refractivity contribution in [1.29, 1.82) is 0 Å². The number of amides is 1. The fourth-order valence-electron chi connectivity index (χ4n) is 2.77. The number of rotatable bonds is 3. The highest BCUT2D eigenvalue weighted by atomic mass is 32.1. The Balaban J connectivity index is 1.69. The Kier molecular flexibility index (Phi) is 4.48. The number of nitrogens with zero attached hydrogens (tertiary/aromatic N) is 1. The Hall–Kier alpha value is -2.14. The van der Waals surface area contributed by atoms with Gasteiger partial charge in [0.2, 0.25) is 0 Å². The highest BCUT2D eigenvalue weighted by Crippen LogP contribution is 2.32. The molecule has 1 aliphatic rings. The van der Waals surface area contributed by atoms with Crippen LogP contribution in [0.5, 0.6) is 5.75 Å². The number of hydrazone groups is 1. The average molecular weight is 328 g/mol. The van der Waals surface area contributed by atoms with Crippen molar-refractivity contribution in [2.45, 2.75) is 33.1 Å². The van der Waals surface area contributed by atoms with Crippen LogP contribution in [0.15, 0.2) is 35.4 Å². The predicted octanol–water partition coefficient (Wildman–Crippen LogP) is 3.73. The second-order valence-electron chi connectivity index (χ2n) is 6.09. The molecule has 2 N–H and O–H groups in total. The van der Waals surface area contributed by atoms with Crippen molar-refractivity contribution in [1.82, 2.24) is 5.43 Å². The summed E-state index contributed by atoms with van der Waals surface area (Å²) in [6.07, 6.45) is 3.34. The number of carbonyl (C=O) groups is 1. The van der Waals surface area contributed by atoms with Gasteiger partial charge in [-0.2, -0.15) is 5.10 Å². The van der Waals surface area contributed by atoms with Crippen LogP contribution in [-0.2, 0) is 12.8 Å². The summed E-state index contributed by atoms with van der Waals surface area (Å²) < 4.78 is 0. The topological polar surface area (TPSA) is 61.7 Å². The molecule has 0 radical (unpaired) electrons. The van der Waals surface area contributed by atoms with Gasteiger partial charge >= 0.3 is 0 Å². The van der Waals surface area contributed by atoms with Crippen molar-refractivity contribution >= 4 is 23.0 Å². The lowest BCUT2D eigenvalue weighted by Gasteiger charge is -2.16. The lowest BCUT2D eigenvalue weighted by Crippen LogP contribution is -2.18. The lowest BCUT2D eigenvalue weighted by atomic mass is 9.90. The molecule has 0 unspecified atom stereocenters. The highest BCUT2D eigenvalue weighted by molar-refractivity contribution is 7.14. The standard InChI is InChI=1S/C18H20N2O2S/c1-11-3-8-16-14(9-11)10-17(23-16)18(22)20-19-12(2)13-4-6-15(21)7-5-13/h4-7,10-11,21H,3,8-9H2,1-2H3,(H,20,22)/b19-12-/t11-/m0/s1. The molecule has 23 heavy (non-hydrogen) atoms. The molecule has 4 nitrogen and oxygen atoms in total. The van der Waals surface area contributed by atoms with Gasteiger partial charge in [0, 0.05) is 4.88 Å². The number of hydrogen-bond donors (Lipinski definition) is 2. The minimum Gasteiger partial charge on any atom is -0.508 e. The lowest BCUT2D eigenvalue weighted by molar-refractivity contribution is 0.0959. The molecule has 0 saturated carbocycles. The van der Waals surface area contributed by atoms with Crippen molar-refractivity contribution in [3.63, 3.8) is 0 Å². The number of carbonyl (C=O) groups excluding carboxylic acids is 1. The molecule has 0 spiro atoms. The molecule has 120 valence electrons. The number of fused-ring (bicyclic) bond motifs is 1. The van der Waals surface area contributed by atoms with Gasteiger partial charge in [-0.05, 0) is 73.6 Å². The first kappa shape index (κ1) is 15.7. The number of benzene rings is 1. The fourth-order valence-corrected chi connectivity index (χ4v) is 3.87. The van der Waals surface area contributed by atoms with Crippen molar-refractivity contribution in [2.75, 3.05) is 0 Å². The van der Waals surface area contributed by atoms with Crippen LogP contribution in [0.3, 0.4) is 0 Å². The summed E-state index contributed by atoms with van der Waals surface area (Å²) in [7, 11) is 0. The molecule has 1 aliphatic carbocycles.